The van der Waals surface area contributed by atoms with Crippen molar-refractivity contribution in [3.63, 3.8) is 0 Å². The van der Waals surface area contributed by atoms with Crippen LogP contribution in [0, 0.1) is 0 Å². The van der Waals surface area contributed by atoms with Crippen LogP contribution in [0.3, 0.4) is 0 Å². The normalized spacial score (nSPS) is 12.5. The molecule has 0 aliphatic carbocycles. The molecular weight excluding hydrogens is 238 g/mol. The third-order valence-electron chi connectivity index (χ3n) is 3.10. The van der Waals surface area contributed by atoms with Crippen molar-refractivity contribution in [3.8, 4) is 5.75 Å². The van der Waals surface area contributed by atoms with Gasteiger partial charge in [0, 0.05) is 18.4 Å². The van der Waals surface area contributed by atoms with Gasteiger partial charge in [-0.1, -0.05) is 12.1 Å². The number of hydrogen-bond donors (Lipinski definition) is 1. The number of nitrogens with zero attached hydrogens (tertiary/aromatic N) is 2. The summed E-state index contributed by atoms with van der Waals surface area (Å²) in [4.78, 5) is 4.36. The predicted octanol–water partition coefficient (Wildman–Crippen LogP) is 3.32. The molecule has 2 aromatic rings. The van der Waals surface area contributed by atoms with Crippen LogP contribution in [-0.2, 0) is 0 Å². The molecule has 4 nitrogen and oxygen atoms in total. The number of imidazole rings is 1. The zero-order valence-corrected chi connectivity index (χ0v) is 11.9. The minimum absolute atomic E-state index is 0.231. The van der Waals surface area contributed by atoms with E-state index in [1.807, 2.05) is 24.5 Å². The summed E-state index contributed by atoms with van der Waals surface area (Å²) in [6, 6.07) is 8.74. The Morgan fingerprint density at radius 2 is 1.84 bits per heavy atom. The van der Waals surface area contributed by atoms with Crippen molar-refractivity contribution in [1.29, 1.82) is 0 Å². The van der Waals surface area contributed by atoms with Gasteiger partial charge >= 0.3 is 0 Å². The number of anilines is 1. The summed E-state index contributed by atoms with van der Waals surface area (Å²) in [5.74, 6) is 1.78. The van der Waals surface area contributed by atoms with E-state index in [-0.39, 0.29) is 6.04 Å². The third-order valence-corrected chi connectivity index (χ3v) is 3.10. The van der Waals surface area contributed by atoms with Crippen LogP contribution in [0.1, 0.15) is 32.4 Å². The quantitative estimate of drug-likeness (QED) is 0.895. The van der Waals surface area contributed by atoms with Crippen LogP contribution in [0.4, 0.5) is 5.95 Å². The first kappa shape index (κ1) is 13.5. The second-order valence-electron chi connectivity index (χ2n) is 4.91. The molecule has 1 atom stereocenters. The summed E-state index contributed by atoms with van der Waals surface area (Å²) in [5.41, 5.74) is 1.23. The zero-order valence-electron chi connectivity index (χ0n) is 11.9. The van der Waals surface area contributed by atoms with Gasteiger partial charge in [-0.2, -0.15) is 0 Å². The summed E-state index contributed by atoms with van der Waals surface area (Å²) in [7, 11) is 1.68. The first-order valence-corrected chi connectivity index (χ1v) is 6.55. The lowest BCUT2D eigenvalue weighted by Gasteiger charge is -2.19. The van der Waals surface area contributed by atoms with E-state index in [2.05, 4.69) is 47.8 Å². The van der Waals surface area contributed by atoms with Gasteiger partial charge in [-0.25, -0.2) is 4.98 Å². The molecule has 1 aromatic carbocycles. The van der Waals surface area contributed by atoms with Crippen molar-refractivity contribution >= 4 is 5.95 Å². The molecule has 0 saturated heterocycles. The van der Waals surface area contributed by atoms with Crippen molar-refractivity contribution in [2.75, 3.05) is 12.4 Å². The molecule has 0 aliphatic rings. The van der Waals surface area contributed by atoms with Gasteiger partial charge in [0.05, 0.1) is 13.2 Å². The van der Waals surface area contributed by atoms with Gasteiger partial charge in [-0.15, -0.1) is 0 Å². The van der Waals surface area contributed by atoms with Crippen molar-refractivity contribution in [2.24, 2.45) is 0 Å². The Bertz CT molecular complexity index is 516. The minimum atomic E-state index is 0.231. The van der Waals surface area contributed by atoms with Crippen LogP contribution in [0.15, 0.2) is 36.7 Å². The number of methoxy groups -OCH3 is 1. The largest absolute Gasteiger partial charge is 0.497 e. The molecule has 2 rings (SSSR count). The molecule has 0 radical (unpaired) electrons. The van der Waals surface area contributed by atoms with Crippen molar-refractivity contribution in [1.82, 2.24) is 9.55 Å². The number of aromatic nitrogens is 2. The van der Waals surface area contributed by atoms with Crippen molar-refractivity contribution in [3.05, 3.63) is 42.2 Å². The highest BCUT2D eigenvalue weighted by molar-refractivity contribution is 5.33. The minimum Gasteiger partial charge on any atom is -0.497 e. The number of rotatable bonds is 5. The number of nitrogens with one attached hydrogen (secondary N) is 1. The Kier molecular flexibility index (Phi) is 4.10. The Labute approximate surface area is 114 Å². The smallest absolute Gasteiger partial charge is 0.203 e. The molecule has 0 aliphatic heterocycles. The highest BCUT2D eigenvalue weighted by atomic mass is 16.5. The van der Waals surface area contributed by atoms with Gasteiger partial charge in [0.1, 0.15) is 5.75 Å². The molecule has 0 saturated carbocycles. The fraction of sp³-hybridized carbons (Fsp3) is 0.400. The van der Waals surface area contributed by atoms with Crippen LogP contribution in [0.5, 0.6) is 5.75 Å². The van der Waals surface area contributed by atoms with E-state index >= 15 is 0 Å². The van der Waals surface area contributed by atoms with Gasteiger partial charge in [-0.05, 0) is 38.5 Å². The maximum Gasteiger partial charge on any atom is 0.203 e. The molecule has 0 bridgehead atoms. The fourth-order valence-corrected chi connectivity index (χ4v) is 2.04. The van der Waals surface area contributed by atoms with Gasteiger partial charge in [0.2, 0.25) is 5.95 Å². The molecule has 1 N–H and O–H groups in total. The Morgan fingerprint density at radius 3 is 2.42 bits per heavy atom. The van der Waals surface area contributed by atoms with Crippen LogP contribution in [-0.4, -0.2) is 22.7 Å². The molecule has 19 heavy (non-hydrogen) atoms. The molecule has 102 valence electrons. The standard InChI is InChI=1S/C15H21N3O/c1-11(2)17-15-16-9-10-18(15)12(3)13-5-7-14(19-4)8-6-13/h5-12H,1-4H3,(H,16,17). The second-order valence-corrected chi connectivity index (χ2v) is 4.91. The molecule has 1 aromatic heterocycles. The average molecular weight is 259 g/mol. The maximum atomic E-state index is 5.18. The van der Waals surface area contributed by atoms with Gasteiger partial charge in [0.15, 0.2) is 0 Å². The van der Waals surface area contributed by atoms with Gasteiger partial charge < -0.3 is 14.6 Å². The van der Waals surface area contributed by atoms with Crippen LogP contribution in [0.2, 0.25) is 0 Å². The molecule has 0 amide bonds. The van der Waals surface area contributed by atoms with E-state index in [0.29, 0.717) is 6.04 Å². The lowest BCUT2D eigenvalue weighted by Crippen LogP contribution is -2.16. The van der Waals surface area contributed by atoms with E-state index < -0.39 is 0 Å². The van der Waals surface area contributed by atoms with Crippen LogP contribution in [0.25, 0.3) is 0 Å². The monoisotopic (exact) mass is 259 g/mol. The van der Waals surface area contributed by atoms with E-state index in [4.69, 9.17) is 4.74 Å². The topological polar surface area (TPSA) is 39.1 Å². The predicted molar refractivity (Wildman–Crippen MR) is 77.8 cm³/mol. The van der Waals surface area contributed by atoms with E-state index in [1.165, 1.54) is 5.56 Å². The van der Waals surface area contributed by atoms with Gasteiger partial charge in [0.25, 0.3) is 0 Å². The van der Waals surface area contributed by atoms with Gasteiger partial charge in [-0.3, -0.25) is 0 Å². The molecule has 4 heteroatoms. The number of hydrogen-bond acceptors (Lipinski definition) is 3. The third kappa shape index (κ3) is 3.08. The average Bonchev–Trinajstić information content (AvgIpc) is 2.85. The Hall–Kier alpha value is -1.97. The maximum absolute atomic E-state index is 5.18. The SMILES string of the molecule is COc1ccc(C(C)n2ccnc2NC(C)C)cc1. The van der Waals surface area contributed by atoms with Crippen molar-refractivity contribution in [2.45, 2.75) is 32.9 Å². The summed E-state index contributed by atoms with van der Waals surface area (Å²) >= 11 is 0. The fourth-order valence-electron chi connectivity index (χ4n) is 2.04. The molecule has 1 unspecified atom stereocenters. The van der Waals surface area contributed by atoms with E-state index in [1.54, 1.807) is 7.11 Å². The highest BCUT2D eigenvalue weighted by Gasteiger charge is 2.12. The lowest BCUT2D eigenvalue weighted by atomic mass is 10.1. The van der Waals surface area contributed by atoms with E-state index in [9.17, 15) is 0 Å². The summed E-state index contributed by atoms with van der Waals surface area (Å²) < 4.78 is 7.33. The first-order valence-electron chi connectivity index (χ1n) is 6.55. The number of benzene rings is 1. The highest BCUT2D eigenvalue weighted by Crippen LogP contribution is 2.23. The molecule has 0 spiro atoms. The Balaban J connectivity index is 2.22. The molecule has 0 fully saturated rings. The van der Waals surface area contributed by atoms with Crippen LogP contribution >= 0.6 is 0 Å². The first-order chi connectivity index (χ1) is 9.11. The summed E-state index contributed by atoms with van der Waals surface area (Å²) in [5, 5.41) is 3.35. The van der Waals surface area contributed by atoms with Crippen LogP contribution < -0.4 is 10.1 Å². The number of ether oxygens (including phenoxy) is 1. The lowest BCUT2D eigenvalue weighted by molar-refractivity contribution is 0.414. The molecular formula is C15H21N3O. The zero-order chi connectivity index (χ0) is 13.8. The van der Waals surface area contributed by atoms with Crippen molar-refractivity contribution < 1.29 is 4.74 Å². The second kappa shape index (κ2) is 5.78. The summed E-state index contributed by atoms with van der Waals surface area (Å²) in [6.45, 7) is 6.38. The van der Waals surface area contributed by atoms with E-state index in [0.717, 1.165) is 11.7 Å². The molecule has 1 heterocycles. The summed E-state index contributed by atoms with van der Waals surface area (Å²) in [6.07, 6.45) is 3.82. The Morgan fingerprint density at radius 1 is 1.16 bits per heavy atom.